The molecule has 1 aliphatic rings. The van der Waals surface area contributed by atoms with Crippen molar-refractivity contribution in [3.8, 4) is 11.5 Å². The first-order chi connectivity index (χ1) is 16.3. The summed E-state index contributed by atoms with van der Waals surface area (Å²) >= 11 is 0. The zero-order valence-electron chi connectivity index (χ0n) is 18.5. The van der Waals surface area contributed by atoms with Gasteiger partial charge in [0.15, 0.2) is 5.78 Å². The highest BCUT2D eigenvalue weighted by molar-refractivity contribution is 5.96. The van der Waals surface area contributed by atoms with E-state index in [1.54, 1.807) is 24.3 Å². The first kappa shape index (κ1) is 25.1. The van der Waals surface area contributed by atoms with Crippen molar-refractivity contribution in [1.29, 1.82) is 0 Å². The minimum atomic E-state index is -2.92. The maximum atomic E-state index is 12.4. The number of carboxylic acid groups (broad SMARTS) is 1. The van der Waals surface area contributed by atoms with Crippen LogP contribution in [0.3, 0.4) is 0 Å². The van der Waals surface area contributed by atoms with Crippen LogP contribution in [-0.2, 0) is 4.79 Å². The number of hydrogen-bond acceptors (Lipinski definition) is 5. The largest absolute Gasteiger partial charge is 0.490 e. The highest BCUT2D eigenvalue weighted by Crippen LogP contribution is 2.28. The van der Waals surface area contributed by atoms with Crippen LogP contribution in [0.1, 0.15) is 59.2 Å². The van der Waals surface area contributed by atoms with E-state index in [9.17, 15) is 23.2 Å². The average Bonchev–Trinajstić information content (AvgIpc) is 2.82. The van der Waals surface area contributed by atoms with Gasteiger partial charge in [-0.1, -0.05) is 0 Å². The number of aliphatic carboxylic acids is 1. The molecule has 0 unspecified atom stereocenters. The van der Waals surface area contributed by atoms with Crippen LogP contribution in [0.15, 0.2) is 48.5 Å². The topological polar surface area (TPSA) is 102 Å². The molecular formula is C25H27F2NO6. The number of ether oxygens (including phenoxy) is 2. The second-order valence-electron chi connectivity index (χ2n) is 8.14. The van der Waals surface area contributed by atoms with Gasteiger partial charge in [-0.15, -0.1) is 0 Å². The first-order valence-electron chi connectivity index (χ1n) is 11.2. The Hall–Kier alpha value is -3.49. The molecule has 1 fully saturated rings. The van der Waals surface area contributed by atoms with Gasteiger partial charge in [0.25, 0.3) is 5.91 Å². The Morgan fingerprint density at radius 1 is 0.912 bits per heavy atom. The number of amides is 1. The fraction of sp³-hybridized carbons (Fsp3) is 0.400. The summed E-state index contributed by atoms with van der Waals surface area (Å²) in [5.74, 6) is -0.854. The van der Waals surface area contributed by atoms with Crippen LogP contribution < -0.4 is 14.8 Å². The fourth-order valence-electron chi connectivity index (χ4n) is 3.82. The summed E-state index contributed by atoms with van der Waals surface area (Å²) in [7, 11) is 0. The maximum Gasteiger partial charge on any atom is 0.387 e. The molecule has 0 aromatic heterocycles. The van der Waals surface area contributed by atoms with Crippen molar-refractivity contribution >= 4 is 17.7 Å². The van der Waals surface area contributed by atoms with Crippen molar-refractivity contribution < 1.29 is 37.7 Å². The number of halogens is 2. The number of Topliss-reactive ketones (excluding diaryl/α,β-unsaturated/α-hetero) is 1. The Morgan fingerprint density at radius 3 is 2.09 bits per heavy atom. The predicted molar refractivity (Wildman–Crippen MR) is 119 cm³/mol. The minimum Gasteiger partial charge on any atom is -0.490 e. The lowest BCUT2D eigenvalue weighted by Crippen LogP contribution is -2.27. The van der Waals surface area contributed by atoms with Crippen LogP contribution in [0, 0.1) is 5.92 Å². The molecule has 0 atom stereocenters. The number of hydrogen-bond donors (Lipinski definition) is 2. The van der Waals surface area contributed by atoms with Crippen molar-refractivity contribution in [1.82, 2.24) is 5.32 Å². The van der Waals surface area contributed by atoms with E-state index in [1.165, 1.54) is 24.3 Å². The van der Waals surface area contributed by atoms with Gasteiger partial charge in [-0.25, -0.2) is 0 Å². The molecule has 1 amide bonds. The Labute approximate surface area is 196 Å². The average molecular weight is 475 g/mol. The molecule has 1 aliphatic carbocycles. The van der Waals surface area contributed by atoms with Gasteiger partial charge in [0.05, 0.1) is 12.0 Å². The van der Waals surface area contributed by atoms with Gasteiger partial charge in [0.1, 0.15) is 11.5 Å². The van der Waals surface area contributed by atoms with E-state index in [2.05, 4.69) is 10.1 Å². The number of rotatable bonds is 11. The van der Waals surface area contributed by atoms with Gasteiger partial charge < -0.3 is 19.9 Å². The number of carbonyl (C=O) groups excluding carboxylic acids is 2. The smallest absolute Gasteiger partial charge is 0.387 e. The number of carboxylic acids is 1. The molecule has 3 rings (SSSR count). The van der Waals surface area contributed by atoms with E-state index in [0.717, 1.165) is 0 Å². The summed E-state index contributed by atoms with van der Waals surface area (Å²) in [5, 5.41) is 11.8. The SMILES string of the molecule is O=C(CCCNC(=O)c1ccc(OC(F)F)cc1)c1ccc(OC2CCC(C(=O)O)CC2)cc1. The lowest BCUT2D eigenvalue weighted by molar-refractivity contribution is -0.143. The molecule has 9 heteroatoms. The van der Waals surface area contributed by atoms with Gasteiger partial charge in [-0.05, 0) is 80.6 Å². The Balaban J connectivity index is 1.37. The third-order valence-corrected chi connectivity index (χ3v) is 5.71. The van der Waals surface area contributed by atoms with E-state index in [-0.39, 0.29) is 35.9 Å². The Morgan fingerprint density at radius 2 is 1.50 bits per heavy atom. The predicted octanol–water partition coefficient (Wildman–Crippen LogP) is 4.70. The monoisotopic (exact) mass is 475 g/mol. The lowest BCUT2D eigenvalue weighted by atomic mass is 9.87. The van der Waals surface area contributed by atoms with Crippen LogP contribution in [0.25, 0.3) is 0 Å². The van der Waals surface area contributed by atoms with Crippen LogP contribution >= 0.6 is 0 Å². The molecular weight excluding hydrogens is 448 g/mol. The third-order valence-electron chi connectivity index (χ3n) is 5.71. The molecule has 0 bridgehead atoms. The zero-order valence-corrected chi connectivity index (χ0v) is 18.5. The van der Waals surface area contributed by atoms with Crippen molar-refractivity contribution in [2.24, 2.45) is 5.92 Å². The summed E-state index contributed by atoms with van der Waals surface area (Å²) in [4.78, 5) is 35.6. The van der Waals surface area contributed by atoms with Crippen molar-refractivity contribution in [2.75, 3.05) is 6.54 Å². The number of benzene rings is 2. The van der Waals surface area contributed by atoms with Gasteiger partial charge in [-0.3, -0.25) is 14.4 Å². The van der Waals surface area contributed by atoms with E-state index in [0.29, 0.717) is 55.5 Å². The Kier molecular flexibility index (Phi) is 8.95. The molecule has 34 heavy (non-hydrogen) atoms. The Bertz CT molecular complexity index is 970. The summed E-state index contributed by atoms with van der Waals surface area (Å²) in [5.41, 5.74) is 0.850. The lowest BCUT2D eigenvalue weighted by Gasteiger charge is -2.26. The summed E-state index contributed by atoms with van der Waals surface area (Å²) in [6.45, 7) is -2.63. The normalized spacial score (nSPS) is 17.7. The van der Waals surface area contributed by atoms with E-state index in [1.807, 2.05) is 0 Å². The number of alkyl halides is 2. The molecule has 7 nitrogen and oxygen atoms in total. The van der Waals surface area contributed by atoms with E-state index >= 15 is 0 Å². The second kappa shape index (κ2) is 12.1. The first-order valence-corrected chi connectivity index (χ1v) is 11.2. The van der Waals surface area contributed by atoms with Crippen molar-refractivity contribution in [3.63, 3.8) is 0 Å². The molecule has 0 heterocycles. The molecule has 2 aromatic rings. The van der Waals surface area contributed by atoms with Crippen LogP contribution in [-0.4, -0.2) is 42.0 Å². The van der Waals surface area contributed by atoms with E-state index in [4.69, 9.17) is 9.84 Å². The highest BCUT2D eigenvalue weighted by Gasteiger charge is 2.26. The molecule has 2 aromatic carbocycles. The maximum absolute atomic E-state index is 12.4. The molecule has 182 valence electrons. The van der Waals surface area contributed by atoms with Crippen molar-refractivity contribution in [2.45, 2.75) is 51.2 Å². The van der Waals surface area contributed by atoms with Crippen LogP contribution in [0.4, 0.5) is 8.78 Å². The number of ketones is 1. The molecule has 0 radical (unpaired) electrons. The van der Waals surface area contributed by atoms with Gasteiger partial charge >= 0.3 is 12.6 Å². The molecule has 0 aliphatic heterocycles. The van der Waals surface area contributed by atoms with Gasteiger partial charge in [0, 0.05) is 24.1 Å². The molecule has 0 saturated heterocycles. The highest BCUT2D eigenvalue weighted by atomic mass is 19.3. The standard InChI is InChI=1S/C25H27F2NO6/c26-25(27)34-21-11-5-17(6-12-21)23(30)28-15-1-2-22(29)16-3-9-19(10-4-16)33-20-13-7-18(8-14-20)24(31)32/h3-6,9-12,18,20,25H,1-2,7-8,13-15H2,(H,28,30)(H,31,32). The summed E-state index contributed by atoms with van der Waals surface area (Å²) < 4.78 is 34.5. The third kappa shape index (κ3) is 7.54. The van der Waals surface area contributed by atoms with Gasteiger partial charge in [0.2, 0.25) is 0 Å². The van der Waals surface area contributed by atoms with Crippen molar-refractivity contribution in [3.05, 3.63) is 59.7 Å². The molecule has 2 N–H and O–H groups in total. The molecule has 0 spiro atoms. The molecule has 1 saturated carbocycles. The van der Waals surface area contributed by atoms with E-state index < -0.39 is 12.6 Å². The summed E-state index contributed by atoms with van der Waals surface area (Å²) in [6.07, 6.45) is 3.27. The fourth-order valence-corrected chi connectivity index (χ4v) is 3.82. The summed E-state index contributed by atoms with van der Waals surface area (Å²) in [6, 6.07) is 12.2. The zero-order chi connectivity index (χ0) is 24.5. The quantitative estimate of drug-likeness (QED) is 0.361. The number of carbonyl (C=O) groups is 3. The van der Waals surface area contributed by atoms with Crippen LogP contribution in [0.2, 0.25) is 0 Å². The second-order valence-corrected chi connectivity index (χ2v) is 8.14. The van der Waals surface area contributed by atoms with Gasteiger partial charge in [-0.2, -0.15) is 8.78 Å². The minimum absolute atomic E-state index is 0.0196. The number of nitrogens with one attached hydrogen (secondary N) is 1. The van der Waals surface area contributed by atoms with Crippen LogP contribution in [0.5, 0.6) is 11.5 Å².